The van der Waals surface area contributed by atoms with Crippen molar-refractivity contribution < 1.29 is 4.79 Å². The van der Waals surface area contributed by atoms with Crippen LogP contribution in [0.4, 0.5) is 11.6 Å². The molecule has 0 atom stereocenters. The summed E-state index contributed by atoms with van der Waals surface area (Å²) in [5.74, 6) is 0.241. The number of aryl methyl sites for hydroxylation is 2. The number of hydrogen-bond donors (Lipinski definition) is 2. The fourth-order valence-electron chi connectivity index (χ4n) is 2.22. The average Bonchev–Trinajstić information content (AvgIpc) is 2.55. The van der Waals surface area contributed by atoms with E-state index in [-0.39, 0.29) is 5.91 Å². The lowest BCUT2D eigenvalue weighted by Crippen LogP contribution is -2.28. The molecule has 1 aromatic carbocycles. The molecule has 1 amide bonds. The van der Waals surface area contributed by atoms with Gasteiger partial charge in [0.2, 0.25) is 5.95 Å². The van der Waals surface area contributed by atoms with Gasteiger partial charge in [0.1, 0.15) is 5.69 Å². The summed E-state index contributed by atoms with van der Waals surface area (Å²) in [5, 5.41) is 6.06. The highest BCUT2D eigenvalue weighted by Gasteiger charge is 2.09. The lowest BCUT2D eigenvalue weighted by Gasteiger charge is -2.11. The van der Waals surface area contributed by atoms with E-state index < -0.39 is 0 Å². The molecule has 2 rings (SSSR count). The molecule has 0 saturated heterocycles. The predicted octanol–water partition coefficient (Wildman–Crippen LogP) is 2.52. The van der Waals surface area contributed by atoms with Crippen LogP contribution in [0, 0.1) is 13.8 Å². The number of carbonyl (C=O) groups is 1. The van der Waals surface area contributed by atoms with E-state index in [1.807, 2.05) is 40.1 Å². The SMILES string of the molecule is Cc1ccc(C)c(Nc2nccc(C(=O)NCCCN(C)C)n2)c1. The summed E-state index contributed by atoms with van der Waals surface area (Å²) in [6.07, 6.45) is 2.49. The number of nitrogens with zero attached hydrogens (tertiary/aromatic N) is 3. The Balaban J connectivity index is 2.00. The first-order valence-corrected chi connectivity index (χ1v) is 8.06. The van der Waals surface area contributed by atoms with Gasteiger partial charge in [0.05, 0.1) is 0 Å². The highest BCUT2D eigenvalue weighted by Crippen LogP contribution is 2.19. The van der Waals surface area contributed by atoms with Gasteiger partial charge >= 0.3 is 0 Å². The molecule has 0 radical (unpaired) electrons. The lowest BCUT2D eigenvalue weighted by atomic mass is 10.1. The predicted molar refractivity (Wildman–Crippen MR) is 96.7 cm³/mol. The van der Waals surface area contributed by atoms with Gasteiger partial charge in [-0.25, -0.2) is 9.97 Å². The van der Waals surface area contributed by atoms with E-state index >= 15 is 0 Å². The number of hydrogen-bond acceptors (Lipinski definition) is 5. The zero-order valence-corrected chi connectivity index (χ0v) is 14.8. The molecule has 0 unspecified atom stereocenters. The van der Waals surface area contributed by atoms with Crippen LogP contribution in [-0.2, 0) is 0 Å². The average molecular weight is 327 g/mol. The molecule has 0 aliphatic heterocycles. The lowest BCUT2D eigenvalue weighted by molar-refractivity contribution is 0.0947. The van der Waals surface area contributed by atoms with Gasteiger partial charge in [-0.3, -0.25) is 4.79 Å². The van der Waals surface area contributed by atoms with Crippen molar-refractivity contribution in [3.8, 4) is 0 Å². The summed E-state index contributed by atoms with van der Waals surface area (Å²) >= 11 is 0. The summed E-state index contributed by atoms with van der Waals surface area (Å²) < 4.78 is 0. The van der Waals surface area contributed by atoms with Crippen molar-refractivity contribution >= 4 is 17.5 Å². The third kappa shape index (κ3) is 5.31. The molecule has 1 aromatic heterocycles. The van der Waals surface area contributed by atoms with Gasteiger partial charge in [-0.2, -0.15) is 0 Å². The standard InChI is InChI=1S/C18H25N5O/c1-13-6-7-14(2)16(12-13)22-18-20-10-8-15(21-18)17(24)19-9-5-11-23(3)4/h6-8,10,12H,5,9,11H2,1-4H3,(H,19,24)(H,20,21,22). The Morgan fingerprint density at radius 1 is 1.21 bits per heavy atom. The van der Waals surface area contributed by atoms with E-state index in [1.54, 1.807) is 12.3 Å². The molecule has 0 bridgehead atoms. The number of benzene rings is 1. The molecule has 2 aromatic rings. The fraction of sp³-hybridized carbons (Fsp3) is 0.389. The van der Waals surface area contributed by atoms with Gasteiger partial charge in [-0.15, -0.1) is 0 Å². The topological polar surface area (TPSA) is 70.2 Å². The van der Waals surface area contributed by atoms with E-state index in [1.165, 1.54) is 0 Å². The minimum Gasteiger partial charge on any atom is -0.351 e. The Kier molecular flexibility index (Phi) is 6.26. The Labute approximate surface area is 143 Å². The molecular formula is C18H25N5O. The third-order valence-electron chi connectivity index (χ3n) is 3.60. The van der Waals surface area contributed by atoms with E-state index in [0.717, 1.165) is 29.8 Å². The first kappa shape index (κ1) is 17.9. The van der Waals surface area contributed by atoms with Crippen LogP contribution in [0.15, 0.2) is 30.5 Å². The zero-order valence-electron chi connectivity index (χ0n) is 14.8. The summed E-state index contributed by atoms with van der Waals surface area (Å²) in [6.45, 7) is 5.61. The molecule has 6 nitrogen and oxygen atoms in total. The molecule has 0 spiro atoms. The van der Waals surface area contributed by atoms with E-state index in [4.69, 9.17) is 0 Å². The van der Waals surface area contributed by atoms with Crippen LogP contribution in [-0.4, -0.2) is 48.0 Å². The Morgan fingerprint density at radius 2 is 2.00 bits per heavy atom. The first-order valence-electron chi connectivity index (χ1n) is 8.06. The number of aromatic nitrogens is 2. The maximum atomic E-state index is 12.2. The second-order valence-electron chi connectivity index (χ2n) is 6.12. The van der Waals surface area contributed by atoms with Crippen molar-refractivity contribution in [3.63, 3.8) is 0 Å². The molecule has 6 heteroatoms. The third-order valence-corrected chi connectivity index (χ3v) is 3.60. The minimum atomic E-state index is -0.180. The number of anilines is 2. The molecule has 0 saturated carbocycles. The van der Waals surface area contributed by atoms with Gasteiger partial charge in [0.25, 0.3) is 5.91 Å². The highest BCUT2D eigenvalue weighted by atomic mass is 16.1. The van der Waals surface area contributed by atoms with Crippen molar-refractivity contribution in [2.24, 2.45) is 0 Å². The van der Waals surface area contributed by atoms with E-state index in [9.17, 15) is 4.79 Å². The monoisotopic (exact) mass is 327 g/mol. The van der Waals surface area contributed by atoms with Gasteiger partial charge in [0.15, 0.2) is 0 Å². The minimum absolute atomic E-state index is 0.180. The molecule has 0 aliphatic carbocycles. The van der Waals surface area contributed by atoms with Crippen molar-refractivity contribution in [1.29, 1.82) is 0 Å². The first-order chi connectivity index (χ1) is 11.5. The maximum Gasteiger partial charge on any atom is 0.270 e. The van der Waals surface area contributed by atoms with Crippen LogP contribution in [0.2, 0.25) is 0 Å². The van der Waals surface area contributed by atoms with Crippen LogP contribution in [0.5, 0.6) is 0 Å². The van der Waals surface area contributed by atoms with E-state index in [0.29, 0.717) is 18.2 Å². The van der Waals surface area contributed by atoms with Gasteiger partial charge in [0, 0.05) is 18.4 Å². The van der Waals surface area contributed by atoms with Crippen molar-refractivity contribution in [2.45, 2.75) is 20.3 Å². The quantitative estimate of drug-likeness (QED) is 0.765. The second-order valence-corrected chi connectivity index (χ2v) is 6.12. The van der Waals surface area contributed by atoms with Crippen molar-refractivity contribution in [3.05, 3.63) is 47.3 Å². The molecule has 128 valence electrons. The normalized spacial score (nSPS) is 10.7. The second kappa shape index (κ2) is 8.40. The molecule has 1 heterocycles. The maximum absolute atomic E-state index is 12.2. The van der Waals surface area contributed by atoms with Gasteiger partial charge in [-0.05, 0) is 64.2 Å². The number of nitrogens with one attached hydrogen (secondary N) is 2. The zero-order chi connectivity index (χ0) is 17.5. The molecular weight excluding hydrogens is 302 g/mol. The van der Waals surface area contributed by atoms with Crippen LogP contribution >= 0.6 is 0 Å². The molecule has 0 aliphatic rings. The molecule has 2 N–H and O–H groups in total. The van der Waals surface area contributed by atoms with Crippen LogP contribution < -0.4 is 10.6 Å². The summed E-state index contributed by atoms with van der Waals surface area (Å²) in [7, 11) is 4.02. The largest absolute Gasteiger partial charge is 0.351 e. The van der Waals surface area contributed by atoms with E-state index in [2.05, 4.69) is 31.6 Å². The summed E-state index contributed by atoms with van der Waals surface area (Å²) in [4.78, 5) is 22.8. The number of carbonyl (C=O) groups excluding carboxylic acids is 1. The van der Waals surface area contributed by atoms with Crippen LogP contribution in [0.3, 0.4) is 0 Å². The van der Waals surface area contributed by atoms with Gasteiger partial charge in [-0.1, -0.05) is 12.1 Å². The van der Waals surface area contributed by atoms with Crippen molar-refractivity contribution in [1.82, 2.24) is 20.2 Å². The van der Waals surface area contributed by atoms with Crippen LogP contribution in [0.1, 0.15) is 28.0 Å². The Morgan fingerprint density at radius 3 is 2.75 bits per heavy atom. The smallest absolute Gasteiger partial charge is 0.270 e. The van der Waals surface area contributed by atoms with Gasteiger partial charge < -0.3 is 15.5 Å². The Bertz CT molecular complexity index is 700. The van der Waals surface area contributed by atoms with Crippen LogP contribution in [0.25, 0.3) is 0 Å². The number of rotatable bonds is 7. The van der Waals surface area contributed by atoms with Crippen molar-refractivity contribution in [2.75, 3.05) is 32.5 Å². The fourth-order valence-corrected chi connectivity index (χ4v) is 2.22. The number of amides is 1. The summed E-state index contributed by atoms with van der Waals surface area (Å²) in [5.41, 5.74) is 3.56. The molecule has 24 heavy (non-hydrogen) atoms. The Hall–Kier alpha value is -2.47. The highest BCUT2D eigenvalue weighted by molar-refractivity contribution is 5.92. The molecule has 0 fully saturated rings. The summed E-state index contributed by atoms with van der Waals surface area (Å²) in [6, 6.07) is 7.75.